The molecule has 4 rings (SSSR count). The molecule has 1 unspecified atom stereocenters. The minimum Gasteiger partial charge on any atom is -0.336 e. The highest BCUT2D eigenvalue weighted by Gasteiger charge is 2.29. The fourth-order valence-corrected chi connectivity index (χ4v) is 3.91. The summed E-state index contributed by atoms with van der Waals surface area (Å²) < 4.78 is 0. The molecule has 1 N–H and O–H groups in total. The Labute approximate surface area is 188 Å². The van der Waals surface area contributed by atoms with Gasteiger partial charge in [0.1, 0.15) is 0 Å². The first-order valence-corrected chi connectivity index (χ1v) is 10.9. The van der Waals surface area contributed by atoms with Crippen molar-refractivity contribution in [2.75, 3.05) is 13.1 Å². The molecule has 164 valence electrons. The third kappa shape index (κ3) is 5.52. The number of urea groups is 1. The van der Waals surface area contributed by atoms with Crippen LogP contribution in [0.4, 0.5) is 4.79 Å². The van der Waals surface area contributed by atoms with Crippen LogP contribution < -0.4 is 5.32 Å². The van der Waals surface area contributed by atoms with E-state index in [0.29, 0.717) is 31.7 Å². The molecule has 0 saturated carbocycles. The molecule has 0 spiro atoms. The van der Waals surface area contributed by atoms with Crippen LogP contribution in [-0.4, -0.2) is 45.9 Å². The Morgan fingerprint density at radius 1 is 0.969 bits per heavy atom. The highest BCUT2D eigenvalue weighted by Crippen LogP contribution is 2.16. The second-order valence-corrected chi connectivity index (χ2v) is 8.20. The zero-order valence-corrected chi connectivity index (χ0v) is 18.3. The average molecular weight is 429 g/mol. The van der Waals surface area contributed by atoms with Crippen LogP contribution in [0.2, 0.25) is 0 Å². The number of nitrogens with one attached hydrogen (secondary N) is 1. The molecule has 32 heavy (non-hydrogen) atoms. The predicted molar refractivity (Wildman–Crippen MR) is 124 cm³/mol. The van der Waals surface area contributed by atoms with Gasteiger partial charge in [-0.1, -0.05) is 60.7 Å². The Balaban J connectivity index is 1.40. The van der Waals surface area contributed by atoms with Gasteiger partial charge >= 0.3 is 6.03 Å². The van der Waals surface area contributed by atoms with Crippen molar-refractivity contribution in [2.24, 2.45) is 0 Å². The van der Waals surface area contributed by atoms with E-state index in [1.807, 2.05) is 78.6 Å². The number of hydrogen-bond donors (Lipinski definition) is 1. The number of carbonyl (C=O) groups excluding carboxylic acids is 2. The smallest absolute Gasteiger partial charge is 0.318 e. The van der Waals surface area contributed by atoms with Gasteiger partial charge in [0, 0.05) is 44.1 Å². The van der Waals surface area contributed by atoms with Gasteiger partial charge in [0.15, 0.2) is 0 Å². The monoisotopic (exact) mass is 428 g/mol. The molecule has 2 heterocycles. The molecule has 0 aliphatic carbocycles. The summed E-state index contributed by atoms with van der Waals surface area (Å²) in [6, 6.07) is 23.4. The lowest BCUT2D eigenvalue weighted by Crippen LogP contribution is -2.45. The first-order chi connectivity index (χ1) is 15.6. The van der Waals surface area contributed by atoms with E-state index in [9.17, 15) is 9.59 Å². The molecule has 3 aromatic rings. The average Bonchev–Trinajstić information content (AvgIpc) is 3.28. The van der Waals surface area contributed by atoms with Crippen molar-refractivity contribution >= 4 is 11.9 Å². The Morgan fingerprint density at radius 3 is 2.16 bits per heavy atom. The van der Waals surface area contributed by atoms with Crippen molar-refractivity contribution in [3.63, 3.8) is 0 Å². The minimum atomic E-state index is -0.117. The number of benzene rings is 2. The molecule has 6 nitrogen and oxygen atoms in total. The summed E-state index contributed by atoms with van der Waals surface area (Å²) in [7, 11) is 0. The van der Waals surface area contributed by atoms with Crippen LogP contribution in [-0.2, 0) is 13.1 Å². The van der Waals surface area contributed by atoms with E-state index in [0.717, 1.165) is 23.2 Å². The molecule has 6 heteroatoms. The van der Waals surface area contributed by atoms with Crippen molar-refractivity contribution in [2.45, 2.75) is 32.5 Å². The zero-order valence-electron chi connectivity index (χ0n) is 18.3. The summed E-state index contributed by atoms with van der Waals surface area (Å²) in [6.07, 6.45) is 2.35. The quantitative estimate of drug-likeness (QED) is 0.645. The van der Waals surface area contributed by atoms with Crippen LogP contribution in [0, 0.1) is 6.92 Å². The Bertz CT molecular complexity index is 997. The van der Waals surface area contributed by atoms with Gasteiger partial charge in [-0.2, -0.15) is 0 Å². The molecule has 1 atom stereocenters. The largest absolute Gasteiger partial charge is 0.336 e. The normalized spacial score (nSPS) is 15.4. The number of carbonyl (C=O) groups is 2. The molecule has 0 radical (unpaired) electrons. The first-order valence-electron chi connectivity index (χ1n) is 10.9. The van der Waals surface area contributed by atoms with Crippen molar-refractivity contribution < 1.29 is 9.59 Å². The van der Waals surface area contributed by atoms with E-state index in [4.69, 9.17) is 0 Å². The molecule has 3 amide bonds. The maximum atomic E-state index is 13.2. The topological polar surface area (TPSA) is 65.5 Å². The van der Waals surface area contributed by atoms with Gasteiger partial charge in [0.25, 0.3) is 5.91 Å². The number of nitrogens with zero attached hydrogens (tertiary/aromatic N) is 3. The molecule has 1 aliphatic rings. The van der Waals surface area contributed by atoms with Crippen LogP contribution in [0.25, 0.3) is 0 Å². The number of pyridine rings is 1. The summed E-state index contributed by atoms with van der Waals surface area (Å²) in [5.74, 6) is -0.0420. The SMILES string of the molecule is Cc1ccc(C(=O)N2CCC(NC(=O)N(Cc3ccccc3)Cc3ccccc3)C2)cn1. The molecular weight excluding hydrogens is 400 g/mol. The zero-order chi connectivity index (χ0) is 22.3. The summed E-state index contributed by atoms with van der Waals surface area (Å²) in [5, 5.41) is 3.14. The van der Waals surface area contributed by atoms with Gasteiger partial charge in [-0.25, -0.2) is 4.79 Å². The van der Waals surface area contributed by atoms with E-state index in [-0.39, 0.29) is 18.0 Å². The Kier molecular flexibility index (Phi) is 6.80. The summed E-state index contributed by atoms with van der Waals surface area (Å²) in [5.41, 5.74) is 3.62. The summed E-state index contributed by atoms with van der Waals surface area (Å²) >= 11 is 0. The third-order valence-electron chi connectivity index (χ3n) is 5.68. The number of likely N-dealkylation sites (tertiary alicyclic amines) is 1. The van der Waals surface area contributed by atoms with E-state index < -0.39 is 0 Å². The molecule has 2 aromatic carbocycles. The molecule has 1 saturated heterocycles. The van der Waals surface area contributed by atoms with Crippen molar-refractivity contribution in [3.8, 4) is 0 Å². The fraction of sp³-hybridized carbons (Fsp3) is 0.269. The van der Waals surface area contributed by atoms with E-state index in [2.05, 4.69) is 10.3 Å². The van der Waals surface area contributed by atoms with Gasteiger partial charge in [-0.05, 0) is 36.6 Å². The molecule has 0 bridgehead atoms. The highest BCUT2D eigenvalue weighted by molar-refractivity contribution is 5.94. The third-order valence-corrected chi connectivity index (χ3v) is 5.68. The molecule has 1 aliphatic heterocycles. The minimum absolute atomic E-state index is 0.0420. The second kappa shape index (κ2) is 10.1. The van der Waals surface area contributed by atoms with Gasteiger partial charge in [0.2, 0.25) is 0 Å². The maximum Gasteiger partial charge on any atom is 0.318 e. The lowest BCUT2D eigenvalue weighted by Gasteiger charge is -2.25. The fourth-order valence-electron chi connectivity index (χ4n) is 3.91. The van der Waals surface area contributed by atoms with Crippen molar-refractivity contribution in [1.82, 2.24) is 20.1 Å². The summed E-state index contributed by atoms with van der Waals surface area (Å²) in [4.78, 5) is 33.8. The predicted octanol–water partition coefficient (Wildman–Crippen LogP) is 4.02. The molecule has 1 aromatic heterocycles. The second-order valence-electron chi connectivity index (χ2n) is 8.20. The van der Waals surface area contributed by atoms with Crippen LogP contribution in [0.15, 0.2) is 79.0 Å². The molecule has 1 fully saturated rings. The Hall–Kier alpha value is -3.67. The molecular formula is C26H28N4O2. The van der Waals surface area contributed by atoms with E-state index in [1.165, 1.54) is 0 Å². The van der Waals surface area contributed by atoms with Crippen LogP contribution >= 0.6 is 0 Å². The number of hydrogen-bond acceptors (Lipinski definition) is 3. The van der Waals surface area contributed by atoms with Crippen LogP contribution in [0.5, 0.6) is 0 Å². The number of rotatable bonds is 6. The first kappa shape index (κ1) is 21.6. The number of amides is 3. The van der Waals surface area contributed by atoms with Gasteiger partial charge in [-0.3, -0.25) is 9.78 Å². The van der Waals surface area contributed by atoms with Gasteiger partial charge < -0.3 is 15.1 Å². The van der Waals surface area contributed by atoms with Crippen LogP contribution in [0.3, 0.4) is 0 Å². The van der Waals surface area contributed by atoms with Crippen LogP contribution in [0.1, 0.15) is 33.6 Å². The van der Waals surface area contributed by atoms with Crippen molar-refractivity contribution in [1.29, 1.82) is 0 Å². The van der Waals surface area contributed by atoms with E-state index >= 15 is 0 Å². The summed E-state index contributed by atoms with van der Waals surface area (Å²) in [6.45, 7) is 4.06. The maximum absolute atomic E-state index is 13.2. The number of aromatic nitrogens is 1. The number of aryl methyl sites for hydroxylation is 1. The standard InChI is InChI=1S/C26H28N4O2/c1-20-12-13-23(16-27-20)25(31)29-15-14-24(19-29)28-26(32)30(17-21-8-4-2-5-9-21)18-22-10-6-3-7-11-22/h2-13,16,24H,14-15,17-19H2,1H3,(H,28,32). The van der Waals surface area contributed by atoms with E-state index in [1.54, 1.807) is 17.2 Å². The highest BCUT2D eigenvalue weighted by atomic mass is 16.2. The Morgan fingerprint density at radius 2 is 1.59 bits per heavy atom. The van der Waals surface area contributed by atoms with Crippen molar-refractivity contribution in [3.05, 3.63) is 101 Å². The van der Waals surface area contributed by atoms with Gasteiger partial charge in [-0.15, -0.1) is 0 Å². The lowest BCUT2D eigenvalue weighted by atomic mass is 10.1. The lowest BCUT2D eigenvalue weighted by molar-refractivity contribution is 0.0788. The van der Waals surface area contributed by atoms with Gasteiger partial charge in [0.05, 0.1) is 5.56 Å².